The Morgan fingerprint density at radius 1 is 1.28 bits per heavy atom. The summed E-state index contributed by atoms with van der Waals surface area (Å²) in [5, 5.41) is 2.90. The van der Waals surface area contributed by atoms with Gasteiger partial charge in [-0.2, -0.15) is 0 Å². The van der Waals surface area contributed by atoms with E-state index >= 15 is 0 Å². The van der Waals surface area contributed by atoms with E-state index in [4.69, 9.17) is 5.73 Å². The van der Waals surface area contributed by atoms with Gasteiger partial charge in [-0.05, 0) is 38.2 Å². The van der Waals surface area contributed by atoms with Crippen LogP contribution in [0.15, 0.2) is 24.3 Å². The zero-order chi connectivity index (χ0) is 13.4. The van der Waals surface area contributed by atoms with Gasteiger partial charge < -0.3 is 16.0 Å². The molecule has 100 valence electrons. The number of rotatable bonds is 7. The van der Waals surface area contributed by atoms with Crippen LogP contribution in [0.5, 0.6) is 0 Å². The van der Waals surface area contributed by atoms with Crippen molar-refractivity contribution in [3.8, 4) is 0 Å². The summed E-state index contributed by atoms with van der Waals surface area (Å²) in [7, 11) is 0. The molecular weight excluding hydrogens is 226 g/mol. The first-order valence-electron chi connectivity index (χ1n) is 6.54. The van der Waals surface area contributed by atoms with Crippen molar-refractivity contribution >= 4 is 11.6 Å². The molecule has 0 spiro atoms. The number of carbonyl (C=O) groups excluding carboxylic acids is 1. The topological polar surface area (TPSA) is 58.4 Å². The number of amides is 1. The molecule has 1 rings (SSSR count). The Bertz CT molecular complexity index is 375. The van der Waals surface area contributed by atoms with Crippen molar-refractivity contribution in [2.24, 2.45) is 0 Å². The standard InChI is InChI=1S/C14H23N3O/c1-3-17(4-2)11-7-10-16-14(18)12-8-5-6-9-13(12)15/h5-6,8-9H,3-4,7,10-11,15H2,1-2H3,(H,16,18). The monoisotopic (exact) mass is 249 g/mol. The van der Waals surface area contributed by atoms with Gasteiger partial charge >= 0.3 is 0 Å². The summed E-state index contributed by atoms with van der Waals surface area (Å²) in [5.74, 6) is -0.0901. The van der Waals surface area contributed by atoms with Crippen molar-refractivity contribution in [3.63, 3.8) is 0 Å². The lowest BCUT2D eigenvalue weighted by molar-refractivity contribution is 0.0952. The normalized spacial score (nSPS) is 10.6. The molecule has 0 unspecified atom stereocenters. The molecule has 0 saturated carbocycles. The summed E-state index contributed by atoms with van der Waals surface area (Å²) in [4.78, 5) is 14.2. The van der Waals surface area contributed by atoms with E-state index in [1.807, 2.05) is 12.1 Å². The molecule has 0 aromatic heterocycles. The average Bonchev–Trinajstić information content (AvgIpc) is 2.39. The highest BCUT2D eigenvalue weighted by atomic mass is 16.1. The largest absolute Gasteiger partial charge is 0.398 e. The van der Waals surface area contributed by atoms with Gasteiger partial charge in [0, 0.05) is 12.2 Å². The SMILES string of the molecule is CCN(CC)CCCNC(=O)c1ccccc1N. The number of nitrogens with zero attached hydrogens (tertiary/aromatic N) is 1. The van der Waals surface area contributed by atoms with Gasteiger partial charge in [-0.25, -0.2) is 0 Å². The number of nitrogens with one attached hydrogen (secondary N) is 1. The van der Waals surface area contributed by atoms with Crippen molar-refractivity contribution in [3.05, 3.63) is 29.8 Å². The smallest absolute Gasteiger partial charge is 0.253 e. The predicted molar refractivity (Wildman–Crippen MR) is 75.6 cm³/mol. The maximum atomic E-state index is 11.8. The first-order chi connectivity index (χ1) is 8.69. The third kappa shape index (κ3) is 4.37. The summed E-state index contributed by atoms with van der Waals surface area (Å²) >= 11 is 0. The molecule has 0 radical (unpaired) electrons. The number of anilines is 1. The zero-order valence-corrected chi connectivity index (χ0v) is 11.3. The fourth-order valence-electron chi connectivity index (χ4n) is 1.84. The molecule has 0 saturated heterocycles. The van der Waals surface area contributed by atoms with E-state index in [1.165, 1.54) is 0 Å². The van der Waals surface area contributed by atoms with Gasteiger partial charge in [-0.3, -0.25) is 4.79 Å². The van der Waals surface area contributed by atoms with Crippen LogP contribution in [0.2, 0.25) is 0 Å². The van der Waals surface area contributed by atoms with Crippen molar-refractivity contribution < 1.29 is 4.79 Å². The highest BCUT2D eigenvalue weighted by Gasteiger charge is 2.07. The second-order valence-electron chi connectivity index (χ2n) is 4.22. The highest BCUT2D eigenvalue weighted by molar-refractivity contribution is 5.98. The molecule has 4 heteroatoms. The fourth-order valence-corrected chi connectivity index (χ4v) is 1.84. The first kappa shape index (κ1) is 14.5. The lowest BCUT2D eigenvalue weighted by atomic mass is 10.1. The minimum absolute atomic E-state index is 0.0901. The highest BCUT2D eigenvalue weighted by Crippen LogP contribution is 2.09. The van der Waals surface area contributed by atoms with Crippen LogP contribution in [0.1, 0.15) is 30.6 Å². The Labute approximate surface area is 109 Å². The Balaban J connectivity index is 2.32. The molecule has 0 aliphatic heterocycles. The van der Waals surface area contributed by atoms with Crippen LogP contribution >= 0.6 is 0 Å². The van der Waals surface area contributed by atoms with E-state index in [9.17, 15) is 4.79 Å². The summed E-state index contributed by atoms with van der Waals surface area (Å²) in [6, 6.07) is 7.13. The quantitative estimate of drug-likeness (QED) is 0.571. The molecule has 4 nitrogen and oxygen atoms in total. The number of hydrogen-bond acceptors (Lipinski definition) is 3. The van der Waals surface area contributed by atoms with E-state index in [0.717, 1.165) is 26.1 Å². The molecule has 3 N–H and O–H groups in total. The molecule has 1 aromatic carbocycles. The Hall–Kier alpha value is -1.55. The molecule has 0 aliphatic carbocycles. The molecule has 0 aliphatic rings. The molecule has 0 heterocycles. The first-order valence-corrected chi connectivity index (χ1v) is 6.54. The lowest BCUT2D eigenvalue weighted by Gasteiger charge is -2.17. The summed E-state index contributed by atoms with van der Waals surface area (Å²) in [5.41, 5.74) is 6.83. The summed E-state index contributed by atoms with van der Waals surface area (Å²) in [6.45, 7) is 8.09. The predicted octanol–water partition coefficient (Wildman–Crippen LogP) is 1.73. The van der Waals surface area contributed by atoms with Gasteiger partial charge in [0.05, 0.1) is 5.56 Å². The van der Waals surface area contributed by atoms with E-state index in [-0.39, 0.29) is 5.91 Å². The average molecular weight is 249 g/mol. The summed E-state index contributed by atoms with van der Waals surface area (Å²) in [6.07, 6.45) is 0.958. The number of nitrogens with two attached hydrogens (primary N) is 1. The van der Waals surface area contributed by atoms with Crippen LogP contribution in [0, 0.1) is 0 Å². The Kier molecular flexibility index (Phi) is 6.22. The minimum Gasteiger partial charge on any atom is -0.398 e. The Morgan fingerprint density at radius 3 is 2.56 bits per heavy atom. The number of hydrogen-bond donors (Lipinski definition) is 2. The van der Waals surface area contributed by atoms with Gasteiger partial charge in [0.2, 0.25) is 0 Å². The number of para-hydroxylation sites is 1. The molecule has 0 bridgehead atoms. The van der Waals surface area contributed by atoms with E-state index < -0.39 is 0 Å². The van der Waals surface area contributed by atoms with Gasteiger partial charge in [0.1, 0.15) is 0 Å². The van der Waals surface area contributed by atoms with Crippen molar-refractivity contribution in [1.29, 1.82) is 0 Å². The zero-order valence-electron chi connectivity index (χ0n) is 11.3. The molecular formula is C14H23N3O. The van der Waals surface area contributed by atoms with Gasteiger partial charge in [-0.15, -0.1) is 0 Å². The van der Waals surface area contributed by atoms with Crippen LogP contribution < -0.4 is 11.1 Å². The van der Waals surface area contributed by atoms with Gasteiger partial charge in [-0.1, -0.05) is 26.0 Å². The van der Waals surface area contributed by atoms with Crippen molar-refractivity contribution in [2.45, 2.75) is 20.3 Å². The van der Waals surface area contributed by atoms with Gasteiger partial charge in [0.15, 0.2) is 0 Å². The third-order valence-electron chi connectivity index (χ3n) is 3.04. The number of carbonyl (C=O) groups is 1. The van der Waals surface area contributed by atoms with Crippen LogP contribution in [-0.4, -0.2) is 37.0 Å². The van der Waals surface area contributed by atoms with Crippen LogP contribution in [0.25, 0.3) is 0 Å². The van der Waals surface area contributed by atoms with Crippen LogP contribution in [-0.2, 0) is 0 Å². The van der Waals surface area contributed by atoms with E-state index in [2.05, 4.69) is 24.1 Å². The maximum absolute atomic E-state index is 11.8. The molecule has 0 fully saturated rings. The van der Waals surface area contributed by atoms with Crippen molar-refractivity contribution in [1.82, 2.24) is 10.2 Å². The second kappa shape index (κ2) is 7.71. The minimum atomic E-state index is -0.0901. The molecule has 1 amide bonds. The van der Waals surface area contributed by atoms with Gasteiger partial charge in [0.25, 0.3) is 5.91 Å². The second-order valence-corrected chi connectivity index (χ2v) is 4.22. The number of benzene rings is 1. The fraction of sp³-hybridized carbons (Fsp3) is 0.500. The Morgan fingerprint density at radius 2 is 1.94 bits per heavy atom. The van der Waals surface area contributed by atoms with E-state index in [1.54, 1.807) is 12.1 Å². The lowest BCUT2D eigenvalue weighted by Crippen LogP contribution is -2.30. The van der Waals surface area contributed by atoms with Crippen LogP contribution in [0.3, 0.4) is 0 Å². The summed E-state index contributed by atoms with van der Waals surface area (Å²) < 4.78 is 0. The third-order valence-corrected chi connectivity index (χ3v) is 3.04. The number of nitrogen functional groups attached to an aromatic ring is 1. The van der Waals surface area contributed by atoms with Crippen molar-refractivity contribution in [2.75, 3.05) is 31.9 Å². The molecule has 1 aromatic rings. The molecule has 0 atom stereocenters. The van der Waals surface area contributed by atoms with E-state index in [0.29, 0.717) is 17.8 Å². The maximum Gasteiger partial charge on any atom is 0.253 e. The molecule has 18 heavy (non-hydrogen) atoms. The van der Waals surface area contributed by atoms with Crippen LogP contribution in [0.4, 0.5) is 5.69 Å².